The SMILES string of the molecule is Oc1[nH]c(O)c(C2CCc3cccc4ccn2c34)c1-c1ccccc1F. The summed E-state index contributed by atoms with van der Waals surface area (Å²) in [6.07, 6.45) is 3.60. The molecule has 0 radical (unpaired) electrons. The number of hydrogen-bond donors (Lipinski definition) is 3. The van der Waals surface area contributed by atoms with Crippen LogP contribution >= 0.6 is 0 Å². The van der Waals surface area contributed by atoms with Crippen LogP contribution in [0.3, 0.4) is 0 Å². The Morgan fingerprint density at radius 1 is 1.00 bits per heavy atom. The molecule has 5 rings (SSSR count). The van der Waals surface area contributed by atoms with Crippen LogP contribution in [0.4, 0.5) is 4.39 Å². The Kier molecular flexibility index (Phi) is 3.13. The van der Waals surface area contributed by atoms with E-state index in [1.807, 2.05) is 18.3 Å². The van der Waals surface area contributed by atoms with E-state index in [0.29, 0.717) is 11.1 Å². The molecule has 0 amide bonds. The molecule has 0 aliphatic carbocycles. The Hall–Kier alpha value is -3.21. The van der Waals surface area contributed by atoms with Gasteiger partial charge in [0.15, 0.2) is 11.8 Å². The molecule has 130 valence electrons. The van der Waals surface area contributed by atoms with Crippen LogP contribution in [0.1, 0.15) is 23.6 Å². The van der Waals surface area contributed by atoms with Crippen molar-refractivity contribution in [3.05, 3.63) is 71.7 Å². The van der Waals surface area contributed by atoms with Crippen molar-refractivity contribution < 1.29 is 14.6 Å². The van der Waals surface area contributed by atoms with Gasteiger partial charge in [-0.1, -0.05) is 36.4 Å². The number of nitrogens with zero attached hydrogens (tertiary/aromatic N) is 1. The molecular weight excluding hydrogens is 331 g/mol. The molecule has 26 heavy (non-hydrogen) atoms. The van der Waals surface area contributed by atoms with Gasteiger partial charge in [0.1, 0.15) is 5.82 Å². The van der Waals surface area contributed by atoms with Crippen molar-refractivity contribution in [1.82, 2.24) is 9.55 Å². The average Bonchev–Trinajstić information content (AvgIpc) is 3.19. The van der Waals surface area contributed by atoms with Crippen LogP contribution < -0.4 is 0 Å². The van der Waals surface area contributed by atoms with E-state index in [0.717, 1.165) is 23.7 Å². The number of nitrogens with one attached hydrogen (secondary N) is 1. The second-order valence-corrected chi connectivity index (χ2v) is 6.72. The van der Waals surface area contributed by atoms with E-state index in [2.05, 4.69) is 21.7 Å². The van der Waals surface area contributed by atoms with E-state index in [1.165, 1.54) is 11.6 Å². The third-order valence-electron chi connectivity index (χ3n) is 5.32. The van der Waals surface area contributed by atoms with Crippen LogP contribution in [0.25, 0.3) is 22.0 Å². The molecule has 4 aromatic rings. The third-order valence-corrected chi connectivity index (χ3v) is 5.32. The number of aromatic nitrogens is 2. The number of aryl methyl sites for hydroxylation is 1. The van der Waals surface area contributed by atoms with Crippen LogP contribution in [-0.2, 0) is 6.42 Å². The summed E-state index contributed by atoms with van der Waals surface area (Å²) in [5.74, 6) is -0.770. The predicted molar refractivity (Wildman–Crippen MR) is 97.9 cm³/mol. The van der Waals surface area contributed by atoms with Crippen LogP contribution in [0, 0.1) is 5.82 Å². The van der Waals surface area contributed by atoms with Gasteiger partial charge >= 0.3 is 0 Å². The fraction of sp³-hybridized carbons (Fsp3) is 0.143. The van der Waals surface area contributed by atoms with Crippen LogP contribution in [-0.4, -0.2) is 19.8 Å². The predicted octanol–water partition coefficient (Wildman–Crippen LogP) is 4.72. The van der Waals surface area contributed by atoms with Gasteiger partial charge in [0.2, 0.25) is 0 Å². The van der Waals surface area contributed by atoms with Gasteiger partial charge in [0.05, 0.1) is 17.1 Å². The second-order valence-electron chi connectivity index (χ2n) is 6.72. The van der Waals surface area contributed by atoms with Gasteiger partial charge in [0.25, 0.3) is 0 Å². The van der Waals surface area contributed by atoms with Gasteiger partial charge in [-0.2, -0.15) is 0 Å². The Bertz CT molecular complexity index is 1140. The van der Waals surface area contributed by atoms with Gasteiger partial charge in [-0.15, -0.1) is 0 Å². The minimum Gasteiger partial charge on any atom is -0.494 e. The molecular formula is C21H17FN2O2. The highest BCUT2D eigenvalue weighted by molar-refractivity contribution is 5.85. The number of para-hydroxylation sites is 1. The van der Waals surface area contributed by atoms with Crippen molar-refractivity contribution in [3.8, 4) is 22.9 Å². The quantitative estimate of drug-likeness (QED) is 0.491. The first kappa shape index (κ1) is 15.1. The number of aromatic hydroxyl groups is 2. The van der Waals surface area contributed by atoms with E-state index in [-0.39, 0.29) is 23.4 Å². The lowest BCUT2D eigenvalue weighted by Crippen LogP contribution is -2.16. The molecule has 1 aliphatic heterocycles. The van der Waals surface area contributed by atoms with Crippen LogP contribution in [0.5, 0.6) is 11.8 Å². The molecule has 5 heteroatoms. The van der Waals surface area contributed by atoms with Crippen LogP contribution in [0.15, 0.2) is 54.7 Å². The van der Waals surface area contributed by atoms with Gasteiger partial charge in [-0.3, -0.25) is 4.98 Å². The van der Waals surface area contributed by atoms with Gasteiger partial charge in [-0.25, -0.2) is 4.39 Å². The maximum atomic E-state index is 14.4. The highest BCUT2D eigenvalue weighted by atomic mass is 19.1. The molecule has 4 nitrogen and oxygen atoms in total. The highest BCUT2D eigenvalue weighted by Gasteiger charge is 2.31. The Morgan fingerprint density at radius 3 is 2.69 bits per heavy atom. The van der Waals surface area contributed by atoms with Crippen molar-refractivity contribution in [1.29, 1.82) is 0 Å². The van der Waals surface area contributed by atoms with E-state index in [4.69, 9.17) is 0 Å². The lowest BCUT2D eigenvalue weighted by atomic mass is 9.91. The molecule has 0 spiro atoms. The summed E-state index contributed by atoms with van der Waals surface area (Å²) >= 11 is 0. The van der Waals surface area contributed by atoms with Crippen molar-refractivity contribution in [2.75, 3.05) is 0 Å². The van der Waals surface area contributed by atoms with E-state index < -0.39 is 5.82 Å². The lowest BCUT2D eigenvalue weighted by Gasteiger charge is -2.27. The normalized spacial score (nSPS) is 16.3. The Labute approximate surface area is 149 Å². The molecule has 3 N–H and O–H groups in total. The van der Waals surface area contributed by atoms with Gasteiger partial charge < -0.3 is 14.8 Å². The fourth-order valence-electron chi connectivity index (χ4n) is 4.22. The summed E-state index contributed by atoms with van der Waals surface area (Å²) in [5.41, 5.74) is 3.52. The molecule has 0 saturated carbocycles. The molecule has 0 bridgehead atoms. The van der Waals surface area contributed by atoms with Crippen LogP contribution in [0.2, 0.25) is 0 Å². The average molecular weight is 348 g/mol. The monoisotopic (exact) mass is 348 g/mol. The van der Waals surface area contributed by atoms with E-state index in [9.17, 15) is 14.6 Å². The summed E-state index contributed by atoms with van der Waals surface area (Å²) in [6.45, 7) is 0. The number of H-pyrrole nitrogens is 1. The maximum absolute atomic E-state index is 14.4. The summed E-state index contributed by atoms with van der Waals surface area (Å²) in [6, 6.07) is 14.4. The standard InChI is InChI=1S/C21H17FN2O2/c22-15-7-2-1-6-14(15)17-18(21(26)23-20(17)25)16-9-8-12-4-3-5-13-10-11-24(16)19(12)13/h1-7,10-11,16,23,25-26H,8-9H2. The summed E-state index contributed by atoms with van der Waals surface area (Å²) in [7, 11) is 0. The largest absolute Gasteiger partial charge is 0.494 e. The zero-order valence-corrected chi connectivity index (χ0v) is 13.9. The van der Waals surface area contributed by atoms with Crippen molar-refractivity contribution >= 4 is 10.9 Å². The number of hydrogen-bond acceptors (Lipinski definition) is 2. The summed E-state index contributed by atoms with van der Waals surface area (Å²) in [5, 5.41) is 22.0. The lowest BCUT2D eigenvalue weighted by molar-refractivity contribution is 0.416. The minimum atomic E-state index is -0.433. The summed E-state index contributed by atoms with van der Waals surface area (Å²) < 4.78 is 16.5. The molecule has 1 aliphatic rings. The first-order valence-corrected chi connectivity index (χ1v) is 8.62. The number of benzene rings is 2. The second kappa shape index (κ2) is 5.39. The first-order chi connectivity index (χ1) is 12.6. The van der Waals surface area contributed by atoms with Gasteiger partial charge in [-0.05, 0) is 35.9 Å². The van der Waals surface area contributed by atoms with E-state index in [1.54, 1.807) is 18.2 Å². The molecule has 2 aromatic heterocycles. The molecule has 3 heterocycles. The topological polar surface area (TPSA) is 61.2 Å². The van der Waals surface area contributed by atoms with Crippen molar-refractivity contribution in [3.63, 3.8) is 0 Å². The van der Waals surface area contributed by atoms with Crippen molar-refractivity contribution in [2.24, 2.45) is 0 Å². The molecule has 1 unspecified atom stereocenters. The minimum absolute atomic E-state index is 0.119. The Balaban J connectivity index is 1.76. The number of rotatable bonds is 2. The number of aromatic amines is 1. The highest BCUT2D eigenvalue weighted by Crippen LogP contribution is 2.47. The van der Waals surface area contributed by atoms with Crippen molar-refractivity contribution in [2.45, 2.75) is 18.9 Å². The zero-order valence-electron chi connectivity index (χ0n) is 13.9. The van der Waals surface area contributed by atoms with Gasteiger partial charge in [0, 0.05) is 17.3 Å². The van der Waals surface area contributed by atoms with E-state index >= 15 is 0 Å². The smallest absolute Gasteiger partial charge is 0.199 e. The zero-order chi connectivity index (χ0) is 17.8. The summed E-state index contributed by atoms with van der Waals surface area (Å²) in [4.78, 5) is 2.58. The molecule has 0 saturated heterocycles. The fourth-order valence-corrected chi connectivity index (χ4v) is 4.22. The third kappa shape index (κ3) is 2.00. The number of halogens is 1. The molecule has 2 aromatic carbocycles. The molecule has 0 fully saturated rings. The maximum Gasteiger partial charge on any atom is 0.199 e. The Morgan fingerprint density at radius 2 is 1.85 bits per heavy atom. The molecule has 1 atom stereocenters. The first-order valence-electron chi connectivity index (χ1n) is 8.62.